The van der Waals surface area contributed by atoms with Gasteiger partial charge in [0.25, 0.3) is 0 Å². The summed E-state index contributed by atoms with van der Waals surface area (Å²) >= 11 is 0. The summed E-state index contributed by atoms with van der Waals surface area (Å²) < 4.78 is 0. The average Bonchev–Trinajstić information content (AvgIpc) is 2.12. The molecule has 0 spiro atoms. The van der Waals surface area contributed by atoms with Crippen LogP contribution >= 0.6 is 0 Å². The summed E-state index contributed by atoms with van der Waals surface area (Å²) in [4.78, 5) is 13.7. The van der Waals surface area contributed by atoms with E-state index in [9.17, 15) is 4.79 Å². The zero-order valence-corrected chi connectivity index (χ0v) is 8.29. The maximum atomic E-state index is 11.5. The lowest BCUT2D eigenvalue weighted by atomic mass is 9.86. The van der Waals surface area contributed by atoms with E-state index in [0.29, 0.717) is 24.7 Å². The van der Waals surface area contributed by atoms with Crippen molar-refractivity contribution >= 4 is 5.78 Å². The molecule has 0 aliphatic carbocycles. The van der Waals surface area contributed by atoms with E-state index >= 15 is 0 Å². The van der Waals surface area contributed by atoms with Crippen molar-refractivity contribution in [3.05, 3.63) is 0 Å². The molecule has 0 N–H and O–H groups in total. The van der Waals surface area contributed by atoms with Crippen LogP contribution in [-0.2, 0) is 4.79 Å². The molecule has 1 rings (SSSR count). The van der Waals surface area contributed by atoms with Crippen molar-refractivity contribution in [3.63, 3.8) is 0 Å². The molecule has 1 fully saturated rings. The molecule has 0 amide bonds. The first kappa shape index (κ1) is 10.2. The van der Waals surface area contributed by atoms with Gasteiger partial charge in [0.05, 0.1) is 6.07 Å². The van der Waals surface area contributed by atoms with Gasteiger partial charge in [-0.2, -0.15) is 5.26 Å². The molecule has 1 saturated heterocycles. The molecule has 0 saturated carbocycles. The molecule has 1 unspecified atom stereocenters. The molecule has 0 radical (unpaired) electrons. The Hall–Kier alpha value is -0.880. The SMILES string of the molecule is CC1[C@H](CCC#N)C(=O)CCN1C. The van der Waals surface area contributed by atoms with Crippen molar-refractivity contribution in [3.8, 4) is 6.07 Å². The van der Waals surface area contributed by atoms with Gasteiger partial charge in [0.2, 0.25) is 0 Å². The molecule has 3 heteroatoms. The third-order valence-corrected chi connectivity index (χ3v) is 2.97. The summed E-state index contributed by atoms with van der Waals surface area (Å²) in [7, 11) is 2.04. The second kappa shape index (κ2) is 4.38. The Morgan fingerprint density at radius 2 is 2.38 bits per heavy atom. The number of hydrogen-bond donors (Lipinski definition) is 0. The summed E-state index contributed by atoms with van der Waals surface area (Å²) in [5.41, 5.74) is 0. The summed E-state index contributed by atoms with van der Waals surface area (Å²) in [5, 5.41) is 8.46. The number of carbonyl (C=O) groups is 1. The fourth-order valence-corrected chi connectivity index (χ4v) is 1.87. The number of likely N-dealkylation sites (tertiary alicyclic amines) is 1. The molecule has 0 aromatic rings. The Labute approximate surface area is 79.3 Å². The normalized spacial score (nSPS) is 30.1. The predicted molar refractivity (Wildman–Crippen MR) is 50.1 cm³/mol. The molecule has 1 heterocycles. The number of rotatable bonds is 2. The minimum atomic E-state index is 0.0819. The van der Waals surface area contributed by atoms with E-state index in [1.807, 2.05) is 7.05 Å². The van der Waals surface area contributed by atoms with Crippen LogP contribution in [0, 0.1) is 17.2 Å². The predicted octanol–water partition coefficient (Wildman–Crippen LogP) is 1.20. The lowest BCUT2D eigenvalue weighted by molar-refractivity contribution is -0.128. The van der Waals surface area contributed by atoms with Gasteiger partial charge >= 0.3 is 0 Å². The molecule has 0 aromatic carbocycles. The molecule has 72 valence electrons. The van der Waals surface area contributed by atoms with Crippen LogP contribution in [0.1, 0.15) is 26.2 Å². The highest BCUT2D eigenvalue weighted by molar-refractivity contribution is 5.82. The van der Waals surface area contributed by atoms with Gasteiger partial charge < -0.3 is 4.90 Å². The standard InChI is InChI=1S/C10H16N2O/c1-8-9(4-3-6-11)10(13)5-7-12(8)2/h8-9H,3-5,7H2,1-2H3/t8?,9-/m0/s1. The fraction of sp³-hybridized carbons (Fsp3) is 0.800. The van der Waals surface area contributed by atoms with Gasteiger partial charge in [-0.25, -0.2) is 0 Å². The van der Waals surface area contributed by atoms with E-state index < -0.39 is 0 Å². The second-order valence-corrected chi connectivity index (χ2v) is 3.74. The molecule has 13 heavy (non-hydrogen) atoms. The maximum Gasteiger partial charge on any atom is 0.138 e. The molecule has 1 aliphatic rings. The minimum absolute atomic E-state index is 0.0819. The molecule has 0 aromatic heterocycles. The fourth-order valence-electron chi connectivity index (χ4n) is 1.87. The highest BCUT2D eigenvalue weighted by Crippen LogP contribution is 2.22. The minimum Gasteiger partial charge on any atom is -0.303 e. The van der Waals surface area contributed by atoms with E-state index in [1.54, 1.807) is 0 Å². The van der Waals surface area contributed by atoms with Crippen molar-refractivity contribution < 1.29 is 4.79 Å². The highest BCUT2D eigenvalue weighted by Gasteiger charge is 2.31. The zero-order chi connectivity index (χ0) is 9.84. The Morgan fingerprint density at radius 1 is 1.69 bits per heavy atom. The summed E-state index contributed by atoms with van der Waals surface area (Å²) in [6.07, 6.45) is 1.87. The van der Waals surface area contributed by atoms with Crippen LogP contribution < -0.4 is 0 Å². The summed E-state index contributed by atoms with van der Waals surface area (Å²) in [5.74, 6) is 0.416. The Bertz CT molecular complexity index is 232. The number of Topliss-reactive ketones (excluding diaryl/α,β-unsaturated/α-hetero) is 1. The first-order valence-corrected chi connectivity index (χ1v) is 4.76. The number of carbonyl (C=O) groups excluding carboxylic acids is 1. The van der Waals surface area contributed by atoms with Gasteiger partial charge in [0.1, 0.15) is 5.78 Å². The Morgan fingerprint density at radius 3 is 3.00 bits per heavy atom. The van der Waals surface area contributed by atoms with E-state index in [4.69, 9.17) is 5.26 Å². The number of hydrogen-bond acceptors (Lipinski definition) is 3. The Kier molecular flexibility index (Phi) is 3.44. The molecular formula is C10H16N2O. The number of piperidine rings is 1. The largest absolute Gasteiger partial charge is 0.303 e. The van der Waals surface area contributed by atoms with Crippen LogP contribution in [0.2, 0.25) is 0 Å². The second-order valence-electron chi connectivity index (χ2n) is 3.74. The third kappa shape index (κ3) is 2.28. The van der Waals surface area contributed by atoms with Gasteiger partial charge in [-0.1, -0.05) is 0 Å². The molecular weight excluding hydrogens is 164 g/mol. The third-order valence-electron chi connectivity index (χ3n) is 2.97. The highest BCUT2D eigenvalue weighted by atomic mass is 16.1. The van der Waals surface area contributed by atoms with Gasteiger partial charge in [-0.15, -0.1) is 0 Å². The summed E-state index contributed by atoms with van der Waals surface area (Å²) in [6, 6.07) is 2.40. The molecule has 0 bridgehead atoms. The molecule has 3 nitrogen and oxygen atoms in total. The first-order chi connectivity index (χ1) is 6.16. The number of nitriles is 1. The Balaban J connectivity index is 2.56. The van der Waals surface area contributed by atoms with Gasteiger partial charge in [-0.3, -0.25) is 4.79 Å². The number of ketones is 1. The molecule has 2 atom stereocenters. The van der Waals surface area contributed by atoms with E-state index in [-0.39, 0.29) is 5.92 Å². The number of nitrogens with zero attached hydrogens (tertiary/aromatic N) is 2. The van der Waals surface area contributed by atoms with Crippen LogP contribution in [0.15, 0.2) is 0 Å². The van der Waals surface area contributed by atoms with Gasteiger partial charge in [0, 0.05) is 31.3 Å². The monoisotopic (exact) mass is 180 g/mol. The van der Waals surface area contributed by atoms with Crippen molar-refractivity contribution in [1.29, 1.82) is 5.26 Å². The topological polar surface area (TPSA) is 44.1 Å². The quantitative estimate of drug-likeness (QED) is 0.641. The molecule has 1 aliphatic heterocycles. The van der Waals surface area contributed by atoms with Gasteiger partial charge in [-0.05, 0) is 20.4 Å². The lowest BCUT2D eigenvalue weighted by Gasteiger charge is -2.35. The van der Waals surface area contributed by atoms with Crippen molar-refractivity contribution in [1.82, 2.24) is 4.90 Å². The first-order valence-electron chi connectivity index (χ1n) is 4.76. The van der Waals surface area contributed by atoms with Crippen LogP contribution in [0.3, 0.4) is 0 Å². The van der Waals surface area contributed by atoms with Gasteiger partial charge in [0.15, 0.2) is 0 Å². The van der Waals surface area contributed by atoms with E-state index in [0.717, 1.165) is 13.0 Å². The van der Waals surface area contributed by atoms with Crippen LogP contribution in [0.5, 0.6) is 0 Å². The van der Waals surface area contributed by atoms with Crippen LogP contribution in [0.25, 0.3) is 0 Å². The smallest absolute Gasteiger partial charge is 0.138 e. The average molecular weight is 180 g/mol. The summed E-state index contributed by atoms with van der Waals surface area (Å²) in [6.45, 7) is 2.93. The van der Waals surface area contributed by atoms with Crippen molar-refractivity contribution in [2.75, 3.05) is 13.6 Å². The van der Waals surface area contributed by atoms with Crippen LogP contribution in [0.4, 0.5) is 0 Å². The van der Waals surface area contributed by atoms with E-state index in [2.05, 4.69) is 17.9 Å². The lowest BCUT2D eigenvalue weighted by Crippen LogP contribution is -2.45. The van der Waals surface area contributed by atoms with E-state index in [1.165, 1.54) is 0 Å². The van der Waals surface area contributed by atoms with Crippen LogP contribution in [-0.4, -0.2) is 30.3 Å². The maximum absolute atomic E-state index is 11.5. The zero-order valence-electron chi connectivity index (χ0n) is 8.29. The van der Waals surface area contributed by atoms with Crippen molar-refractivity contribution in [2.24, 2.45) is 5.92 Å². The van der Waals surface area contributed by atoms with Crippen molar-refractivity contribution in [2.45, 2.75) is 32.2 Å².